The number of carboxylic acids is 1. The van der Waals surface area contributed by atoms with E-state index in [4.69, 9.17) is 10.8 Å². The molecule has 2 atom stereocenters. The Morgan fingerprint density at radius 2 is 1.90 bits per heavy atom. The van der Waals surface area contributed by atoms with Crippen LogP contribution in [0.15, 0.2) is 54.6 Å². The number of aromatic carboxylic acids is 1. The molecule has 2 amide bonds. The van der Waals surface area contributed by atoms with Crippen LogP contribution in [0.3, 0.4) is 0 Å². The molecule has 0 spiro atoms. The number of carbonyl (C=O) groups is 3. The van der Waals surface area contributed by atoms with E-state index in [1.807, 2.05) is 30.3 Å². The van der Waals surface area contributed by atoms with Crippen molar-refractivity contribution in [2.75, 3.05) is 11.9 Å². The van der Waals surface area contributed by atoms with Crippen LogP contribution in [0.4, 0.5) is 5.69 Å². The second-order valence-electron chi connectivity index (χ2n) is 7.27. The van der Waals surface area contributed by atoms with Gasteiger partial charge in [-0.15, -0.1) is 0 Å². The summed E-state index contributed by atoms with van der Waals surface area (Å²) < 4.78 is 0. The number of hydrogen-bond acceptors (Lipinski definition) is 4. The second kappa shape index (κ2) is 9.34. The molecule has 0 aromatic heterocycles. The van der Waals surface area contributed by atoms with E-state index < -0.39 is 12.0 Å². The maximum Gasteiger partial charge on any atom is 0.335 e. The summed E-state index contributed by atoms with van der Waals surface area (Å²) in [5, 5.41) is 11.8. The lowest BCUT2D eigenvalue weighted by Gasteiger charge is -2.25. The van der Waals surface area contributed by atoms with Crippen LogP contribution in [0.1, 0.15) is 35.2 Å². The largest absolute Gasteiger partial charge is 0.478 e. The highest BCUT2D eigenvalue weighted by atomic mass is 16.4. The number of hydrogen-bond donors (Lipinski definition) is 3. The molecule has 152 valence electrons. The first-order valence-electron chi connectivity index (χ1n) is 9.67. The van der Waals surface area contributed by atoms with Gasteiger partial charge >= 0.3 is 5.97 Å². The molecule has 29 heavy (non-hydrogen) atoms. The number of amides is 2. The lowest BCUT2D eigenvalue weighted by molar-refractivity contribution is -0.136. The molecular weight excluding hydrogens is 370 g/mol. The van der Waals surface area contributed by atoms with Crippen LogP contribution < -0.4 is 11.1 Å². The molecule has 0 bridgehead atoms. The Labute approximate surface area is 169 Å². The van der Waals surface area contributed by atoms with E-state index in [1.54, 1.807) is 17.0 Å². The summed E-state index contributed by atoms with van der Waals surface area (Å²) in [6.07, 6.45) is 2.09. The Morgan fingerprint density at radius 3 is 2.62 bits per heavy atom. The van der Waals surface area contributed by atoms with Crippen molar-refractivity contribution >= 4 is 23.5 Å². The minimum Gasteiger partial charge on any atom is -0.478 e. The summed E-state index contributed by atoms with van der Waals surface area (Å²) >= 11 is 0. The van der Waals surface area contributed by atoms with Crippen LogP contribution in [-0.2, 0) is 16.0 Å². The Bertz CT molecular complexity index is 885. The molecule has 1 aliphatic rings. The summed E-state index contributed by atoms with van der Waals surface area (Å²) in [7, 11) is 0. The minimum absolute atomic E-state index is 0.0917. The second-order valence-corrected chi connectivity index (χ2v) is 7.27. The molecule has 7 nitrogen and oxygen atoms in total. The first-order valence-corrected chi connectivity index (χ1v) is 9.67. The lowest BCUT2D eigenvalue weighted by Crippen LogP contribution is -2.45. The van der Waals surface area contributed by atoms with Crippen molar-refractivity contribution in [2.45, 2.75) is 37.8 Å². The maximum absolute atomic E-state index is 12.7. The molecule has 3 rings (SSSR count). The number of benzene rings is 2. The number of rotatable bonds is 7. The van der Waals surface area contributed by atoms with Crippen LogP contribution in [0, 0.1) is 0 Å². The number of nitrogens with zero attached hydrogens (tertiary/aromatic N) is 1. The molecule has 4 N–H and O–H groups in total. The SMILES string of the molecule is N[C@@H](CC(=O)N1CCC[C@H]1C(=O)Nc1cccc(C(=O)O)c1)Cc1ccccc1. The third kappa shape index (κ3) is 5.42. The van der Waals surface area contributed by atoms with Gasteiger partial charge in [-0.1, -0.05) is 36.4 Å². The van der Waals surface area contributed by atoms with E-state index in [9.17, 15) is 14.4 Å². The van der Waals surface area contributed by atoms with E-state index in [0.717, 1.165) is 12.0 Å². The van der Waals surface area contributed by atoms with Crippen molar-refractivity contribution in [2.24, 2.45) is 5.73 Å². The van der Waals surface area contributed by atoms with Gasteiger partial charge in [-0.25, -0.2) is 4.79 Å². The highest BCUT2D eigenvalue weighted by Gasteiger charge is 2.34. The first kappa shape index (κ1) is 20.5. The van der Waals surface area contributed by atoms with Gasteiger partial charge in [0.1, 0.15) is 6.04 Å². The third-order valence-electron chi connectivity index (χ3n) is 5.03. The zero-order valence-corrected chi connectivity index (χ0v) is 16.1. The molecule has 0 radical (unpaired) electrons. The molecule has 2 aromatic rings. The molecule has 0 saturated carbocycles. The summed E-state index contributed by atoms with van der Waals surface area (Å²) in [5.74, 6) is -1.51. The van der Waals surface area contributed by atoms with Gasteiger partial charge in [-0.05, 0) is 43.0 Å². The van der Waals surface area contributed by atoms with Crippen molar-refractivity contribution in [1.29, 1.82) is 0 Å². The van der Waals surface area contributed by atoms with E-state index in [1.165, 1.54) is 12.1 Å². The molecule has 1 fully saturated rings. The third-order valence-corrected chi connectivity index (χ3v) is 5.03. The number of nitrogens with one attached hydrogen (secondary N) is 1. The van der Waals surface area contributed by atoms with E-state index >= 15 is 0 Å². The van der Waals surface area contributed by atoms with Crippen LogP contribution in [0.2, 0.25) is 0 Å². The van der Waals surface area contributed by atoms with Crippen molar-refractivity contribution in [3.63, 3.8) is 0 Å². The Kier molecular flexibility index (Phi) is 6.61. The van der Waals surface area contributed by atoms with Gasteiger partial charge in [-0.2, -0.15) is 0 Å². The number of carboxylic acid groups (broad SMARTS) is 1. The fraction of sp³-hybridized carbons (Fsp3) is 0.318. The Morgan fingerprint density at radius 1 is 1.14 bits per heavy atom. The van der Waals surface area contributed by atoms with Crippen molar-refractivity contribution in [3.05, 3.63) is 65.7 Å². The highest BCUT2D eigenvalue weighted by molar-refractivity contribution is 5.98. The van der Waals surface area contributed by atoms with E-state index in [-0.39, 0.29) is 29.8 Å². The minimum atomic E-state index is -1.06. The maximum atomic E-state index is 12.7. The van der Waals surface area contributed by atoms with E-state index in [2.05, 4.69) is 5.32 Å². The van der Waals surface area contributed by atoms with Gasteiger partial charge in [0.15, 0.2) is 0 Å². The molecule has 2 aromatic carbocycles. The quantitative estimate of drug-likeness (QED) is 0.666. The summed E-state index contributed by atoms with van der Waals surface area (Å²) in [4.78, 5) is 38.1. The van der Waals surface area contributed by atoms with Crippen LogP contribution >= 0.6 is 0 Å². The van der Waals surface area contributed by atoms with Crippen LogP contribution in [-0.4, -0.2) is 46.4 Å². The molecular formula is C22H25N3O4. The first-order chi connectivity index (χ1) is 13.9. The molecule has 7 heteroatoms. The van der Waals surface area contributed by atoms with Gasteiger partial charge in [-0.3, -0.25) is 9.59 Å². The molecule has 0 aliphatic carbocycles. The normalized spacial score (nSPS) is 17.0. The van der Waals surface area contributed by atoms with Gasteiger partial charge in [0.25, 0.3) is 0 Å². The van der Waals surface area contributed by atoms with Crippen molar-refractivity contribution in [1.82, 2.24) is 4.90 Å². The molecule has 1 aliphatic heterocycles. The molecule has 0 unspecified atom stereocenters. The number of likely N-dealkylation sites (tertiary alicyclic amines) is 1. The topological polar surface area (TPSA) is 113 Å². The molecule has 1 heterocycles. The van der Waals surface area contributed by atoms with Crippen molar-refractivity contribution in [3.8, 4) is 0 Å². The summed E-state index contributed by atoms with van der Waals surface area (Å²) in [5.41, 5.74) is 7.72. The fourth-order valence-electron chi connectivity index (χ4n) is 3.62. The standard InChI is InChI=1S/C22H25N3O4/c23-17(12-15-6-2-1-3-7-15)14-20(26)25-11-5-10-19(25)21(27)24-18-9-4-8-16(13-18)22(28)29/h1-4,6-9,13,17,19H,5,10-12,14,23H2,(H,24,27)(H,28,29)/t17-,19+/m1/s1. The van der Waals surface area contributed by atoms with Crippen LogP contribution in [0.25, 0.3) is 0 Å². The van der Waals surface area contributed by atoms with Gasteiger partial charge in [0.2, 0.25) is 11.8 Å². The Balaban J connectivity index is 1.59. The Hall–Kier alpha value is -3.19. The molecule has 1 saturated heterocycles. The average Bonchev–Trinajstić information content (AvgIpc) is 3.19. The van der Waals surface area contributed by atoms with Gasteiger partial charge in [0.05, 0.1) is 5.56 Å². The predicted octanol–water partition coefficient (Wildman–Crippen LogP) is 2.27. The number of anilines is 1. The van der Waals surface area contributed by atoms with Crippen molar-refractivity contribution < 1.29 is 19.5 Å². The fourth-order valence-corrected chi connectivity index (χ4v) is 3.62. The predicted molar refractivity (Wildman–Crippen MR) is 110 cm³/mol. The summed E-state index contributed by atoms with van der Waals surface area (Å²) in [6, 6.07) is 14.9. The van der Waals surface area contributed by atoms with Crippen LogP contribution in [0.5, 0.6) is 0 Å². The highest BCUT2D eigenvalue weighted by Crippen LogP contribution is 2.21. The lowest BCUT2D eigenvalue weighted by atomic mass is 10.0. The average molecular weight is 395 g/mol. The number of carbonyl (C=O) groups excluding carboxylic acids is 2. The van der Waals surface area contributed by atoms with Gasteiger partial charge < -0.3 is 21.1 Å². The smallest absolute Gasteiger partial charge is 0.335 e. The zero-order valence-electron chi connectivity index (χ0n) is 16.1. The monoisotopic (exact) mass is 395 g/mol. The van der Waals surface area contributed by atoms with E-state index in [0.29, 0.717) is 25.1 Å². The number of nitrogens with two attached hydrogens (primary N) is 1. The summed E-state index contributed by atoms with van der Waals surface area (Å²) in [6.45, 7) is 0.518. The van der Waals surface area contributed by atoms with Gasteiger partial charge in [0, 0.05) is 24.7 Å². The zero-order chi connectivity index (χ0) is 20.8.